The third-order valence-electron chi connectivity index (χ3n) is 6.11. The van der Waals surface area contributed by atoms with Crippen LogP contribution in [0.5, 0.6) is 0 Å². The molecule has 2 heterocycles. The van der Waals surface area contributed by atoms with Crippen molar-refractivity contribution >= 4 is 43.5 Å². The molecule has 6 aromatic rings. The van der Waals surface area contributed by atoms with Gasteiger partial charge in [0.2, 0.25) is 0 Å². The number of rotatable bonds is 1. The quantitative estimate of drug-likeness (QED) is 0.256. The summed E-state index contributed by atoms with van der Waals surface area (Å²) in [6.45, 7) is 6.54. The van der Waals surface area contributed by atoms with E-state index in [9.17, 15) is 8.78 Å². The number of fused-ring (bicyclic) bond motifs is 1. The highest BCUT2D eigenvalue weighted by Crippen LogP contribution is 2.43. The molecule has 2 aromatic heterocycles. The van der Waals surface area contributed by atoms with Crippen LogP contribution in [0.4, 0.5) is 8.78 Å². The predicted octanol–water partition coefficient (Wildman–Crippen LogP) is 7.97. The molecule has 0 spiro atoms. The van der Waals surface area contributed by atoms with Gasteiger partial charge in [0, 0.05) is 39.4 Å². The van der Waals surface area contributed by atoms with Gasteiger partial charge in [-0.3, -0.25) is 4.98 Å². The summed E-state index contributed by atoms with van der Waals surface area (Å²) in [5.41, 5.74) is 3.19. The summed E-state index contributed by atoms with van der Waals surface area (Å²) in [5, 5.41) is 4.63. The standard InChI is InChI=1S/C27H19F2NO/c1-27(2,3)19-11-16(10-14-6-4-5-7-17(14)19)24-26-22-15(13-30-24)8-9-18-20(28)12-21(29)25(31-26)23(18)22/h4-13H,1-3H3. The molecule has 0 saturated carbocycles. The molecule has 0 aliphatic rings. The van der Waals surface area contributed by atoms with Gasteiger partial charge in [-0.2, -0.15) is 0 Å². The number of pyridine rings is 1. The van der Waals surface area contributed by atoms with E-state index >= 15 is 0 Å². The van der Waals surface area contributed by atoms with Gasteiger partial charge in [-0.05, 0) is 33.9 Å². The summed E-state index contributed by atoms with van der Waals surface area (Å²) in [4.78, 5) is 4.69. The van der Waals surface area contributed by atoms with Crippen molar-refractivity contribution in [3.05, 3.63) is 78.0 Å². The van der Waals surface area contributed by atoms with Gasteiger partial charge in [0.05, 0.1) is 0 Å². The number of hydrogen-bond donors (Lipinski definition) is 0. The van der Waals surface area contributed by atoms with Crippen molar-refractivity contribution in [3.8, 4) is 11.3 Å². The van der Waals surface area contributed by atoms with Gasteiger partial charge in [0.15, 0.2) is 17.0 Å². The number of benzene rings is 4. The largest absolute Gasteiger partial charge is 0.451 e. The van der Waals surface area contributed by atoms with Gasteiger partial charge in [-0.15, -0.1) is 0 Å². The van der Waals surface area contributed by atoms with Gasteiger partial charge in [-0.25, -0.2) is 8.78 Å². The Morgan fingerprint density at radius 1 is 0.774 bits per heavy atom. The first-order valence-corrected chi connectivity index (χ1v) is 10.3. The molecule has 0 fully saturated rings. The third-order valence-corrected chi connectivity index (χ3v) is 6.11. The molecule has 152 valence electrons. The van der Waals surface area contributed by atoms with Gasteiger partial charge in [0.1, 0.15) is 11.5 Å². The SMILES string of the molecule is CC(C)(C)c1cc(-c2ncc3ccc4c(F)cc(F)c5oc2c3c45)cc2ccccc12. The van der Waals surface area contributed by atoms with Crippen LogP contribution in [-0.4, -0.2) is 4.98 Å². The molecule has 0 unspecified atom stereocenters. The molecular weight excluding hydrogens is 392 g/mol. The molecule has 2 nitrogen and oxygen atoms in total. The van der Waals surface area contributed by atoms with E-state index in [1.54, 1.807) is 18.3 Å². The summed E-state index contributed by atoms with van der Waals surface area (Å²) in [7, 11) is 0. The highest BCUT2D eigenvalue weighted by Gasteiger charge is 2.24. The first-order valence-electron chi connectivity index (χ1n) is 10.3. The molecule has 4 aromatic carbocycles. The second-order valence-electron chi connectivity index (χ2n) is 9.15. The highest BCUT2D eigenvalue weighted by atomic mass is 19.1. The molecule has 0 bridgehead atoms. The molecular formula is C27H19F2NO. The minimum atomic E-state index is -0.700. The first kappa shape index (κ1) is 18.3. The van der Waals surface area contributed by atoms with Crippen molar-refractivity contribution in [2.24, 2.45) is 0 Å². The van der Waals surface area contributed by atoms with Crippen LogP contribution in [0.3, 0.4) is 0 Å². The van der Waals surface area contributed by atoms with E-state index in [1.165, 1.54) is 10.9 Å². The van der Waals surface area contributed by atoms with E-state index in [1.807, 2.05) is 12.1 Å². The zero-order valence-corrected chi connectivity index (χ0v) is 17.4. The second kappa shape index (κ2) is 6.01. The average Bonchev–Trinajstić information content (AvgIpc) is 3.14. The normalized spacial score (nSPS) is 12.7. The fraction of sp³-hybridized carbons (Fsp3) is 0.148. The number of hydrogen-bond acceptors (Lipinski definition) is 2. The Kier molecular flexibility index (Phi) is 3.54. The summed E-state index contributed by atoms with van der Waals surface area (Å²) in [5.74, 6) is -1.29. The Morgan fingerprint density at radius 3 is 2.39 bits per heavy atom. The van der Waals surface area contributed by atoms with E-state index in [0.29, 0.717) is 27.4 Å². The van der Waals surface area contributed by atoms with E-state index in [-0.39, 0.29) is 11.0 Å². The topological polar surface area (TPSA) is 26.0 Å². The van der Waals surface area contributed by atoms with E-state index in [0.717, 1.165) is 22.4 Å². The van der Waals surface area contributed by atoms with E-state index in [4.69, 9.17) is 9.40 Å². The Bertz CT molecular complexity index is 1640. The Labute approximate surface area is 177 Å². The van der Waals surface area contributed by atoms with Crippen molar-refractivity contribution in [1.82, 2.24) is 4.98 Å². The summed E-state index contributed by atoms with van der Waals surface area (Å²) in [6, 6.07) is 16.8. The van der Waals surface area contributed by atoms with E-state index < -0.39 is 11.6 Å². The summed E-state index contributed by atoms with van der Waals surface area (Å²) in [6.07, 6.45) is 1.75. The average molecular weight is 411 g/mol. The maximum atomic E-state index is 14.6. The third kappa shape index (κ3) is 2.51. The first-order chi connectivity index (χ1) is 14.8. The molecule has 0 saturated heterocycles. The molecule has 0 aliphatic heterocycles. The molecule has 0 amide bonds. The molecule has 6 rings (SSSR count). The lowest BCUT2D eigenvalue weighted by Crippen LogP contribution is -2.12. The molecule has 0 aliphatic carbocycles. The summed E-state index contributed by atoms with van der Waals surface area (Å²) < 4.78 is 35.1. The van der Waals surface area contributed by atoms with Crippen LogP contribution in [0, 0.1) is 11.6 Å². The molecule has 31 heavy (non-hydrogen) atoms. The zero-order chi connectivity index (χ0) is 21.5. The van der Waals surface area contributed by atoms with Crippen LogP contribution in [-0.2, 0) is 5.41 Å². The van der Waals surface area contributed by atoms with Gasteiger partial charge in [-0.1, -0.05) is 57.2 Å². The fourth-order valence-corrected chi connectivity index (χ4v) is 4.67. The van der Waals surface area contributed by atoms with E-state index in [2.05, 4.69) is 45.0 Å². The van der Waals surface area contributed by atoms with Crippen molar-refractivity contribution < 1.29 is 13.2 Å². The van der Waals surface area contributed by atoms with Crippen molar-refractivity contribution in [2.75, 3.05) is 0 Å². The maximum absolute atomic E-state index is 14.6. The van der Waals surface area contributed by atoms with Crippen LogP contribution in [0.2, 0.25) is 0 Å². The summed E-state index contributed by atoms with van der Waals surface area (Å²) >= 11 is 0. The number of halogens is 2. The number of nitrogens with zero attached hydrogens (tertiary/aromatic N) is 1. The molecule has 0 radical (unpaired) electrons. The van der Waals surface area contributed by atoms with Gasteiger partial charge < -0.3 is 4.42 Å². The van der Waals surface area contributed by atoms with Crippen LogP contribution in [0.1, 0.15) is 26.3 Å². The second-order valence-corrected chi connectivity index (χ2v) is 9.15. The minimum absolute atomic E-state index is 0.0723. The fourth-order valence-electron chi connectivity index (χ4n) is 4.67. The van der Waals surface area contributed by atoms with Crippen LogP contribution < -0.4 is 0 Å². The van der Waals surface area contributed by atoms with Gasteiger partial charge >= 0.3 is 0 Å². The smallest absolute Gasteiger partial charge is 0.171 e. The number of aromatic nitrogens is 1. The Morgan fingerprint density at radius 2 is 1.58 bits per heavy atom. The van der Waals surface area contributed by atoms with Crippen molar-refractivity contribution in [2.45, 2.75) is 26.2 Å². The predicted molar refractivity (Wildman–Crippen MR) is 122 cm³/mol. The molecule has 0 atom stereocenters. The monoisotopic (exact) mass is 411 g/mol. The maximum Gasteiger partial charge on any atom is 0.171 e. The van der Waals surface area contributed by atoms with Crippen molar-refractivity contribution in [1.29, 1.82) is 0 Å². The Hall–Kier alpha value is -3.53. The minimum Gasteiger partial charge on any atom is -0.451 e. The lowest BCUT2D eigenvalue weighted by Gasteiger charge is -2.22. The lowest BCUT2D eigenvalue weighted by atomic mass is 9.82. The Balaban J connectivity index is 1.76. The number of furan rings is 1. The zero-order valence-electron chi connectivity index (χ0n) is 17.4. The lowest BCUT2D eigenvalue weighted by molar-refractivity contribution is 0.566. The van der Waals surface area contributed by atoms with Crippen LogP contribution in [0.15, 0.2) is 65.2 Å². The van der Waals surface area contributed by atoms with Crippen LogP contribution >= 0.6 is 0 Å². The van der Waals surface area contributed by atoms with Crippen molar-refractivity contribution in [3.63, 3.8) is 0 Å². The van der Waals surface area contributed by atoms with Gasteiger partial charge in [0.25, 0.3) is 0 Å². The molecule has 0 N–H and O–H groups in total. The highest BCUT2D eigenvalue weighted by molar-refractivity contribution is 6.23. The van der Waals surface area contributed by atoms with Crippen LogP contribution in [0.25, 0.3) is 54.7 Å². The molecule has 4 heteroatoms.